The van der Waals surface area contributed by atoms with Crippen LogP contribution in [-0.2, 0) is 20.9 Å². The summed E-state index contributed by atoms with van der Waals surface area (Å²) in [6, 6.07) is 17.6. The average molecular weight is 450 g/mol. The van der Waals surface area contributed by atoms with Crippen LogP contribution in [0.2, 0.25) is 0 Å². The molecule has 0 aliphatic carbocycles. The van der Waals surface area contributed by atoms with Crippen LogP contribution in [0.1, 0.15) is 18.4 Å². The molecule has 0 bridgehead atoms. The predicted molar refractivity (Wildman–Crippen MR) is 128 cm³/mol. The summed E-state index contributed by atoms with van der Waals surface area (Å²) in [5.41, 5.74) is 8.16. The van der Waals surface area contributed by atoms with Crippen LogP contribution in [0.4, 0.5) is 11.4 Å². The van der Waals surface area contributed by atoms with Crippen molar-refractivity contribution >= 4 is 29.1 Å². The number of piperazine rings is 1. The monoisotopic (exact) mass is 449 g/mol. The number of nitrogens with two attached hydrogens (primary N) is 1. The SMILES string of the molecule is NC(=O)C1CCCN(Cc2ccccc2NC(=O)C(=O)N2CCN(c3ccccc3)CC2)C1. The fourth-order valence-electron chi connectivity index (χ4n) is 4.58. The second-order valence-corrected chi connectivity index (χ2v) is 8.70. The third-order valence-corrected chi connectivity index (χ3v) is 6.45. The van der Waals surface area contributed by atoms with Crippen molar-refractivity contribution in [3.05, 3.63) is 60.2 Å². The van der Waals surface area contributed by atoms with Gasteiger partial charge in [-0.25, -0.2) is 0 Å². The van der Waals surface area contributed by atoms with Crippen molar-refractivity contribution in [1.82, 2.24) is 9.80 Å². The fraction of sp³-hybridized carbons (Fsp3) is 0.400. The Labute approximate surface area is 194 Å². The Bertz CT molecular complexity index is 989. The molecule has 1 unspecified atom stereocenters. The van der Waals surface area contributed by atoms with E-state index in [1.54, 1.807) is 4.90 Å². The Balaban J connectivity index is 1.34. The highest BCUT2D eigenvalue weighted by molar-refractivity contribution is 6.39. The Kier molecular flexibility index (Phi) is 7.24. The predicted octanol–water partition coefficient (Wildman–Crippen LogP) is 1.67. The first-order valence-corrected chi connectivity index (χ1v) is 11.5. The van der Waals surface area contributed by atoms with E-state index in [1.807, 2.05) is 42.5 Å². The fourth-order valence-corrected chi connectivity index (χ4v) is 4.58. The Morgan fingerprint density at radius 3 is 2.33 bits per heavy atom. The number of hydrogen-bond acceptors (Lipinski definition) is 5. The van der Waals surface area contributed by atoms with Crippen LogP contribution in [0.3, 0.4) is 0 Å². The number of nitrogens with one attached hydrogen (secondary N) is 1. The third kappa shape index (κ3) is 5.70. The van der Waals surface area contributed by atoms with Crippen LogP contribution in [-0.4, -0.2) is 66.8 Å². The number of carbonyl (C=O) groups is 3. The molecule has 2 aliphatic heterocycles. The summed E-state index contributed by atoms with van der Waals surface area (Å²) in [7, 11) is 0. The summed E-state index contributed by atoms with van der Waals surface area (Å²) >= 11 is 0. The summed E-state index contributed by atoms with van der Waals surface area (Å²) in [5, 5.41) is 2.81. The van der Waals surface area contributed by atoms with E-state index in [1.165, 1.54) is 0 Å². The van der Waals surface area contributed by atoms with E-state index in [2.05, 4.69) is 27.2 Å². The normalized spacial score (nSPS) is 19.2. The maximum Gasteiger partial charge on any atom is 0.313 e. The summed E-state index contributed by atoms with van der Waals surface area (Å²) in [5.74, 6) is -1.54. The molecule has 33 heavy (non-hydrogen) atoms. The van der Waals surface area contributed by atoms with Gasteiger partial charge in [0.2, 0.25) is 5.91 Å². The summed E-state index contributed by atoms with van der Waals surface area (Å²) in [4.78, 5) is 43.1. The number of primary amides is 1. The van der Waals surface area contributed by atoms with Crippen LogP contribution in [0.15, 0.2) is 54.6 Å². The zero-order valence-electron chi connectivity index (χ0n) is 18.8. The zero-order chi connectivity index (χ0) is 23.2. The van der Waals surface area contributed by atoms with E-state index < -0.39 is 11.8 Å². The van der Waals surface area contributed by atoms with Gasteiger partial charge >= 0.3 is 11.8 Å². The standard InChI is InChI=1S/C25H31N5O3/c26-23(31)20-8-6-12-28(18-20)17-19-7-4-5-11-22(19)27-24(32)25(33)30-15-13-29(14-16-30)21-9-2-1-3-10-21/h1-5,7,9-11,20H,6,8,12-18H2,(H2,26,31)(H,27,32). The maximum atomic E-state index is 12.8. The number of benzene rings is 2. The molecule has 0 saturated carbocycles. The molecule has 2 aromatic rings. The molecule has 3 N–H and O–H groups in total. The van der Waals surface area contributed by atoms with Gasteiger partial charge in [0.25, 0.3) is 0 Å². The Morgan fingerprint density at radius 1 is 0.909 bits per heavy atom. The average Bonchev–Trinajstić information content (AvgIpc) is 2.85. The number of hydrogen-bond donors (Lipinski definition) is 2. The quantitative estimate of drug-likeness (QED) is 0.677. The first kappa shape index (κ1) is 22.8. The highest BCUT2D eigenvalue weighted by atomic mass is 16.2. The molecule has 174 valence electrons. The van der Waals surface area contributed by atoms with Gasteiger partial charge in [-0.3, -0.25) is 19.3 Å². The lowest BCUT2D eigenvalue weighted by molar-refractivity contribution is -0.143. The molecule has 2 aliphatic rings. The van der Waals surface area contributed by atoms with Gasteiger partial charge in [0.1, 0.15) is 0 Å². The lowest BCUT2D eigenvalue weighted by Crippen LogP contribution is -2.51. The number of carbonyl (C=O) groups excluding carboxylic acids is 3. The molecule has 0 spiro atoms. The highest BCUT2D eigenvalue weighted by Crippen LogP contribution is 2.22. The second kappa shape index (κ2) is 10.5. The third-order valence-electron chi connectivity index (χ3n) is 6.45. The van der Waals surface area contributed by atoms with Crippen molar-refractivity contribution in [1.29, 1.82) is 0 Å². The van der Waals surface area contributed by atoms with Gasteiger partial charge < -0.3 is 20.9 Å². The number of anilines is 2. The number of likely N-dealkylation sites (tertiary alicyclic amines) is 1. The van der Waals surface area contributed by atoms with Gasteiger partial charge in [0.15, 0.2) is 0 Å². The molecule has 1 atom stereocenters. The van der Waals surface area contributed by atoms with Gasteiger partial charge in [0, 0.05) is 50.6 Å². The molecule has 0 radical (unpaired) electrons. The molecular formula is C25H31N5O3. The van der Waals surface area contributed by atoms with Crippen molar-refractivity contribution in [2.24, 2.45) is 11.7 Å². The topological polar surface area (TPSA) is 99.0 Å². The second-order valence-electron chi connectivity index (χ2n) is 8.70. The first-order valence-electron chi connectivity index (χ1n) is 11.5. The lowest BCUT2D eigenvalue weighted by atomic mass is 9.97. The summed E-state index contributed by atoms with van der Waals surface area (Å²) in [6.07, 6.45) is 1.73. The van der Waals surface area contributed by atoms with E-state index in [4.69, 9.17) is 5.73 Å². The van der Waals surface area contributed by atoms with Crippen molar-refractivity contribution < 1.29 is 14.4 Å². The Morgan fingerprint density at radius 2 is 1.61 bits per heavy atom. The largest absolute Gasteiger partial charge is 0.369 e. The van der Waals surface area contributed by atoms with Crippen molar-refractivity contribution in [3.8, 4) is 0 Å². The van der Waals surface area contributed by atoms with Gasteiger partial charge in [-0.15, -0.1) is 0 Å². The van der Waals surface area contributed by atoms with Crippen molar-refractivity contribution in [2.75, 3.05) is 49.5 Å². The van der Waals surface area contributed by atoms with Gasteiger partial charge in [-0.05, 0) is 43.1 Å². The van der Waals surface area contributed by atoms with Gasteiger partial charge in [0.05, 0.1) is 5.92 Å². The Hall–Kier alpha value is -3.39. The number of nitrogens with zero attached hydrogens (tertiary/aromatic N) is 3. The van der Waals surface area contributed by atoms with Crippen LogP contribution in [0.25, 0.3) is 0 Å². The minimum absolute atomic E-state index is 0.142. The van der Waals surface area contributed by atoms with E-state index in [9.17, 15) is 14.4 Å². The number of amides is 3. The number of rotatable bonds is 5. The minimum atomic E-state index is -0.621. The van der Waals surface area contributed by atoms with E-state index in [0.717, 1.165) is 30.6 Å². The van der Waals surface area contributed by atoms with Crippen molar-refractivity contribution in [2.45, 2.75) is 19.4 Å². The smallest absolute Gasteiger partial charge is 0.313 e. The molecule has 8 heteroatoms. The van der Waals surface area contributed by atoms with E-state index >= 15 is 0 Å². The van der Waals surface area contributed by atoms with Crippen LogP contribution < -0.4 is 16.0 Å². The van der Waals surface area contributed by atoms with E-state index in [0.29, 0.717) is 45.0 Å². The van der Waals surface area contributed by atoms with Crippen LogP contribution in [0, 0.1) is 5.92 Å². The number of piperidine rings is 1. The highest BCUT2D eigenvalue weighted by Gasteiger charge is 2.27. The molecule has 2 saturated heterocycles. The lowest BCUT2D eigenvalue weighted by Gasteiger charge is -2.35. The van der Waals surface area contributed by atoms with Gasteiger partial charge in [-0.2, -0.15) is 0 Å². The van der Waals surface area contributed by atoms with Gasteiger partial charge in [-0.1, -0.05) is 36.4 Å². The first-order chi connectivity index (χ1) is 16.0. The van der Waals surface area contributed by atoms with Crippen molar-refractivity contribution in [3.63, 3.8) is 0 Å². The van der Waals surface area contributed by atoms with Crippen LogP contribution in [0.5, 0.6) is 0 Å². The molecule has 0 aromatic heterocycles. The molecular weight excluding hydrogens is 418 g/mol. The zero-order valence-corrected chi connectivity index (χ0v) is 18.8. The molecule has 3 amide bonds. The molecule has 4 rings (SSSR count). The van der Waals surface area contributed by atoms with E-state index in [-0.39, 0.29) is 11.8 Å². The molecule has 2 fully saturated rings. The molecule has 2 aromatic carbocycles. The van der Waals surface area contributed by atoms with Crippen LogP contribution >= 0.6 is 0 Å². The summed E-state index contributed by atoms with van der Waals surface area (Å²) < 4.78 is 0. The maximum absolute atomic E-state index is 12.8. The molecule has 2 heterocycles. The number of para-hydroxylation sites is 2. The molecule has 8 nitrogen and oxygen atoms in total. The summed E-state index contributed by atoms with van der Waals surface area (Å²) in [6.45, 7) is 4.46. The minimum Gasteiger partial charge on any atom is -0.369 e.